The molecule has 0 aliphatic rings. The first-order chi connectivity index (χ1) is 5.82. The number of hydrogen-bond acceptors (Lipinski definition) is 2. The third-order valence-electron chi connectivity index (χ3n) is 1.86. The van der Waals surface area contributed by atoms with E-state index in [1.165, 1.54) is 0 Å². The van der Waals surface area contributed by atoms with Crippen LogP contribution in [0.4, 0.5) is 0 Å². The molecule has 0 aliphatic carbocycles. The van der Waals surface area contributed by atoms with Crippen LogP contribution in [0.2, 0.25) is 0 Å². The van der Waals surface area contributed by atoms with Crippen LogP contribution in [0.15, 0.2) is 17.0 Å². The predicted octanol–water partition coefficient (Wildman–Crippen LogP) is 1.48. The van der Waals surface area contributed by atoms with Crippen molar-refractivity contribution in [3.8, 4) is 0 Å². The van der Waals surface area contributed by atoms with Crippen LogP contribution < -0.4 is 0 Å². The Morgan fingerprint density at radius 2 is 1.43 bits per heavy atom. The van der Waals surface area contributed by atoms with Crippen molar-refractivity contribution in [3.63, 3.8) is 0 Å². The van der Waals surface area contributed by atoms with Crippen molar-refractivity contribution in [1.82, 2.24) is 0 Å². The molecule has 0 bridgehead atoms. The Bertz CT molecular complexity index is 414. The van der Waals surface area contributed by atoms with Gasteiger partial charge in [0.2, 0.25) is 0 Å². The smallest absolute Gasteiger partial charge is 0.282 e. The number of rotatable bonds is 1. The molecule has 0 unspecified atom stereocenters. The van der Waals surface area contributed by atoms with Gasteiger partial charge in [0.25, 0.3) is 10.1 Å². The van der Waals surface area contributed by atoms with E-state index in [1.54, 1.807) is 26.0 Å². The molecule has 14 heavy (non-hydrogen) atoms. The van der Waals surface area contributed by atoms with Crippen molar-refractivity contribution in [2.75, 3.05) is 0 Å². The average molecular weight is 223 g/mol. The van der Waals surface area contributed by atoms with Crippen molar-refractivity contribution < 1.29 is 13.0 Å². The Hall–Kier alpha value is 0.130. The van der Waals surface area contributed by atoms with Gasteiger partial charge in [-0.3, -0.25) is 4.55 Å². The number of hydrogen-bond donors (Lipinski definition) is 1. The molecule has 1 radical (unpaired) electrons. The second-order valence-corrected chi connectivity index (χ2v) is 4.56. The van der Waals surface area contributed by atoms with Crippen LogP contribution in [-0.2, 0) is 10.1 Å². The molecule has 73 valence electrons. The average Bonchev–Trinajstić information content (AvgIpc) is 1.78. The molecular weight excluding hydrogens is 211 g/mol. The molecule has 5 heteroatoms. The molecule has 1 rings (SSSR count). The second kappa shape index (κ2) is 4.77. The van der Waals surface area contributed by atoms with Gasteiger partial charge in [0.05, 0.1) is 4.90 Å². The van der Waals surface area contributed by atoms with E-state index in [1.807, 2.05) is 6.92 Å². The molecule has 0 atom stereocenters. The summed E-state index contributed by atoms with van der Waals surface area (Å²) in [6.45, 7) is 5.22. The summed E-state index contributed by atoms with van der Waals surface area (Å²) in [6, 6.07) is 3.46. The summed E-state index contributed by atoms with van der Waals surface area (Å²) in [5.41, 5.74) is 2.16. The fourth-order valence-electron chi connectivity index (χ4n) is 1.57. The summed E-state index contributed by atoms with van der Waals surface area (Å²) in [4.78, 5) is 0.0260. The van der Waals surface area contributed by atoms with Crippen molar-refractivity contribution in [3.05, 3.63) is 28.8 Å². The van der Waals surface area contributed by atoms with Crippen LogP contribution in [0.1, 0.15) is 16.7 Å². The minimum Gasteiger partial charge on any atom is -0.282 e. The number of aryl methyl sites for hydroxylation is 3. The molecule has 0 saturated carbocycles. The molecule has 0 heterocycles. The summed E-state index contributed by atoms with van der Waals surface area (Å²) in [7, 11) is -4.08. The van der Waals surface area contributed by atoms with Crippen LogP contribution in [0.3, 0.4) is 0 Å². The zero-order valence-electron chi connectivity index (χ0n) is 8.83. The van der Waals surface area contributed by atoms with Gasteiger partial charge in [-0.15, -0.1) is 0 Å². The first-order valence-corrected chi connectivity index (χ1v) is 5.31. The van der Waals surface area contributed by atoms with E-state index in [0.717, 1.165) is 5.56 Å². The fourth-order valence-corrected chi connectivity index (χ4v) is 2.51. The second-order valence-electron chi connectivity index (χ2n) is 3.20. The Labute approximate surface area is 107 Å². The van der Waals surface area contributed by atoms with Crippen LogP contribution >= 0.6 is 0 Å². The summed E-state index contributed by atoms with van der Waals surface area (Å²) < 4.78 is 30.8. The molecule has 0 aromatic heterocycles. The first kappa shape index (κ1) is 14.1. The summed E-state index contributed by atoms with van der Waals surface area (Å²) >= 11 is 0. The van der Waals surface area contributed by atoms with E-state index in [0.29, 0.717) is 11.1 Å². The van der Waals surface area contributed by atoms with Gasteiger partial charge >= 0.3 is 0 Å². The summed E-state index contributed by atoms with van der Waals surface area (Å²) in [5.74, 6) is 0. The molecule has 0 aliphatic heterocycles. The predicted molar refractivity (Wildman–Crippen MR) is 56.2 cm³/mol. The molecule has 0 fully saturated rings. The largest absolute Gasteiger partial charge is 0.295 e. The third-order valence-corrected chi connectivity index (χ3v) is 3.02. The third kappa shape index (κ3) is 3.07. The van der Waals surface area contributed by atoms with E-state index in [-0.39, 0.29) is 34.5 Å². The quantitative estimate of drug-likeness (QED) is 0.579. The monoisotopic (exact) mass is 223 g/mol. The SMILES string of the molecule is Cc1cc(C)c(S(=O)(=O)O)c(C)c1.[Na]. The van der Waals surface area contributed by atoms with Gasteiger partial charge in [0, 0.05) is 29.6 Å². The van der Waals surface area contributed by atoms with Crippen LogP contribution in [0, 0.1) is 20.8 Å². The maximum absolute atomic E-state index is 10.9. The Morgan fingerprint density at radius 3 is 1.71 bits per heavy atom. The van der Waals surface area contributed by atoms with Crippen molar-refractivity contribution in [1.29, 1.82) is 0 Å². The van der Waals surface area contributed by atoms with Crippen LogP contribution in [-0.4, -0.2) is 42.5 Å². The topological polar surface area (TPSA) is 54.4 Å². The number of benzene rings is 1. The van der Waals surface area contributed by atoms with Crippen LogP contribution in [0.25, 0.3) is 0 Å². The summed E-state index contributed by atoms with van der Waals surface area (Å²) in [6.07, 6.45) is 0. The minimum absolute atomic E-state index is 0. The van der Waals surface area contributed by atoms with Gasteiger partial charge in [0.15, 0.2) is 0 Å². The maximum Gasteiger partial charge on any atom is 0.295 e. The molecule has 3 nitrogen and oxygen atoms in total. The van der Waals surface area contributed by atoms with Crippen molar-refractivity contribution in [2.45, 2.75) is 25.7 Å². The van der Waals surface area contributed by atoms with E-state index >= 15 is 0 Å². The van der Waals surface area contributed by atoms with Gasteiger partial charge in [-0.05, 0) is 31.9 Å². The molecule has 1 N–H and O–H groups in total. The molecule has 0 spiro atoms. The molecule has 1 aromatic rings. The molecule has 0 amide bonds. The van der Waals surface area contributed by atoms with Crippen molar-refractivity contribution >= 4 is 39.7 Å². The first-order valence-electron chi connectivity index (χ1n) is 3.87. The standard InChI is InChI=1S/C9H12O3S.Na/c1-6-4-7(2)9(8(3)5-6)13(10,11)12;/h4-5H,1-3H3,(H,10,11,12);. The van der Waals surface area contributed by atoms with E-state index in [4.69, 9.17) is 4.55 Å². The van der Waals surface area contributed by atoms with Gasteiger partial charge in [0.1, 0.15) is 0 Å². The van der Waals surface area contributed by atoms with E-state index in [2.05, 4.69) is 0 Å². The van der Waals surface area contributed by atoms with E-state index < -0.39 is 10.1 Å². The van der Waals surface area contributed by atoms with Gasteiger partial charge in [-0.2, -0.15) is 8.42 Å². The van der Waals surface area contributed by atoms with Gasteiger partial charge in [-0.1, -0.05) is 17.7 Å². The van der Waals surface area contributed by atoms with E-state index in [9.17, 15) is 8.42 Å². The zero-order chi connectivity index (χ0) is 10.2. The molecular formula is C9H12NaO3S. The van der Waals surface area contributed by atoms with Gasteiger partial charge < -0.3 is 0 Å². The maximum atomic E-state index is 10.9. The molecule has 1 aromatic carbocycles. The Kier molecular flexibility index (Phi) is 4.81. The Balaban J connectivity index is 0.00000169. The summed E-state index contributed by atoms with van der Waals surface area (Å²) in [5, 5.41) is 0. The fraction of sp³-hybridized carbons (Fsp3) is 0.333. The minimum atomic E-state index is -4.08. The van der Waals surface area contributed by atoms with Gasteiger partial charge in [-0.25, -0.2) is 0 Å². The zero-order valence-corrected chi connectivity index (χ0v) is 11.6. The Morgan fingerprint density at radius 1 is 1.07 bits per heavy atom. The van der Waals surface area contributed by atoms with Crippen LogP contribution in [0.5, 0.6) is 0 Å². The molecule has 0 saturated heterocycles. The van der Waals surface area contributed by atoms with Crippen molar-refractivity contribution in [2.24, 2.45) is 0 Å². The normalized spacial score (nSPS) is 10.9.